The second-order valence-corrected chi connectivity index (χ2v) is 8.58. The molecule has 7 nitrogen and oxygen atoms in total. The zero-order valence-corrected chi connectivity index (χ0v) is 17.0. The van der Waals surface area contributed by atoms with Crippen molar-refractivity contribution in [1.29, 1.82) is 0 Å². The van der Waals surface area contributed by atoms with Crippen molar-refractivity contribution in [3.8, 4) is 11.3 Å². The maximum atomic E-state index is 12.4. The van der Waals surface area contributed by atoms with Gasteiger partial charge >= 0.3 is 0 Å². The number of hydrogen-bond donors (Lipinski definition) is 2. The number of nitrogens with one attached hydrogen (secondary N) is 2. The first-order chi connectivity index (χ1) is 13.4. The molecule has 0 saturated heterocycles. The van der Waals surface area contributed by atoms with Crippen LogP contribution in [0.25, 0.3) is 11.3 Å². The Morgan fingerprint density at radius 3 is 2.43 bits per heavy atom. The lowest BCUT2D eigenvalue weighted by Gasteiger charge is -2.16. The van der Waals surface area contributed by atoms with Gasteiger partial charge in [-0.3, -0.25) is 0 Å². The van der Waals surface area contributed by atoms with Crippen LogP contribution >= 0.6 is 0 Å². The molecule has 148 valence electrons. The molecule has 3 rings (SSSR count). The highest BCUT2D eigenvalue weighted by atomic mass is 32.2. The second-order valence-electron chi connectivity index (χ2n) is 6.42. The predicted molar refractivity (Wildman–Crippen MR) is 111 cm³/mol. The Morgan fingerprint density at radius 1 is 1.00 bits per heavy atom. The third-order valence-electron chi connectivity index (χ3n) is 4.22. The maximum Gasteiger partial charge on any atom is 0.242 e. The highest BCUT2D eigenvalue weighted by molar-refractivity contribution is 7.89. The van der Waals surface area contributed by atoms with E-state index in [4.69, 9.17) is 4.52 Å². The minimum atomic E-state index is -3.52. The third kappa shape index (κ3) is 4.35. The SMILES string of the molecule is CCNc1ccc(S(=O)(=O)N(C)C)cc1NCc1cc(-c2ccccc2)no1. The average Bonchev–Trinajstić information content (AvgIpc) is 3.17. The van der Waals surface area contributed by atoms with Gasteiger partial charge in [-0.2, -0.15) is 0 Å². The molecule has 0 saturated carbocycles. The topological polar surface area (TPSA) is 87.5 Å². The fourth-order valence-corrected chi connectivity index (χ4v) is 3.64. The summed E-state index contributed by atoms with van der Waals surface area (Å²) in [6, 6.07) is 16.6. The molecule has 0 aliphatic heterocycles. The van der Waals surface area contributed by atoms with Gasteiger partial charge in [0.25, 0.3) is 0 Å². The summed E-state index contributed by atoms with van der Waals surface area (Å²) < 4.78 is 31.5. The summed E-state index contributed by atoms with van der Waals surface area (Å²) in [5.41, 5.74) is 3.24. The number of nitrogens with zero attached hydrogens (tertiary/aromatic N) is 2. The average molecular weight is 401 g/mol. The van der Waals surface area contributed by atoms with E-state index < -0.39 is 10.0 Å². The van der Waals surface area contributed by atoms with Gasteiger partial charge in [0.05, 0.1) is 22.8 Å². The Labute approximate surface area is 165 Å². The molecule has 28 heavy (non-hydrogen) atoms. The van der Waals surface area contributed by atoms with E-state index in [1.165, 1.54) is 18.4 Å². The van der Waals surface area contributed by atoms with Crippen molar-refractivity contribution in [1.82, 2.24) is 9.46 Å². The van der Waals surface area contributed by atoms with Crippen LogP contribution in [-0.4, -0.2) is 38.5 Å². The van der Waals surface area contributed by atoms with E-state index >= 15 is 0 Å². The van der Waals surface area contributed by atoms with E-state index in [-0.39, 0.29) is 4.90 Å². The van der Waals surface area contributed by atoms with E-state index in [2.05, 4.69) is 15.8 Å². The summed E-state index contributed by atoms with van der Waals surface area (Å²) in [5.74, 6) is 0.655. The molecule has 0 unspecified atom stereocenters. The van der Waals surface area contributed by atoms with Crippen molar-refractivity contribution in [3.05, 3.63) is 60.4 Å². The lowest BCUT2D eigenvalue weighted by atomic mass is 10.1. The van der Waals surface area contributed by atoms with Gasteiger partial charge in [-0.05, 0) is 25.1 Å². The molecule has 1 aromatic heterocycles. The Morgan fingerprint density at radius 2 is 1.75 bits per heavy atom. The van der Waals surface area contributed by atoms with Crippen LogP contribution in [0.5, 0.6) is 0 Å². The van der Waals surface area contributed by atoms with Crippen LogP contribution in [0.4, 0.5) is 11.4 Å². The van der Waals surface area contributed by atoms with Gasteiger partial charge < -0.3 is 15.2 Å². The van der Waals surface area contributed by atoms with E-state index in [1.807, 2.05) is 43.3 Å². The molecule has 0 bridgehead atoms. The van der Waals surface area contributed by atoms with Gasteiger partial charge in [0.15, 0.2) is 5.76 Å². The van der Waals surface area contributed by atoms with Gasteiger partial charge in [0.1, 0.15) is 5.69 Å². The standard InChI is InChI=1S/C20H24N4O3S/c1-4-21-18-11-10-17(28(25,26)24(2)3)13-20(18)22-14-16-12-19(23-27-16)15-8-6-5-7-9-15/h5-13,21-22H,4,14H2,1-3H3. The molecule has 0 amide bonds. The van der Waals surface area contributed by atoms with Crippen molar-refractivity contribution in [3.63, 3.8) is 0 Å². The first-order valence-corrected chi connectivity index (χ1v) is 10.4. The fraction of sp³-hybridized carbons (Fsp3) is 0.250. The molecule has 0 aliphatic carbocycles. The number of anilines is 2. The molecule has 2 aromatic carbocycles. The van der Waals surface area contributed by atoms with Crippen LogP contribution in [0.15, 0.2) is 64.0 Å². The molecule has 0 fully saturated rings. The van der Waals surface area contributed by atoms with Gasteiger partial charge in [-0.15, -0.1) is 0 Å². The molecule has 0 atom stereocenters. The van der Waals surface area contributed by atoms with Crippen LogP contribution in [0.1, 0.15) is 12.7 Å². The van der Waals surface area contributed by atoms with Crippen LogP contribution < -0.4 is 10.6 Å². The van der Waals surface area contributed by atoms with Crippen molar-refractivity contribution < 1.29 is 12.9 Å². The molecule has 0 radical (unpaired) electrons. The maximum absolute atomic E-state index is 12.4. The van der Waals surface area contributed by atoms with Crippen LogP contribution in [0, 0.1) is 0 Å². The quantitative estimate of drug-likeness (QED) is 0.600. The van der Waals surface area contributed by atoms with Crippen LogP contribution in [0.2, 0.25) is 0 Å². The highest BCUT2D eigenvalue weighted by Crippen LogP contribution is 2.27. The van der Waals surface area contributed by atoms with Crippen LogP contribution in [0.3, 0.4) is 0 Å². The molecular formula is C20H24N4O3S. The summed E-state index contributed by atoms with van der Waals surface area (Å²) in [7, 11) is -0.488. The minimum absolute atomic E-state index is 0.226. The molecule has 2 N–H and O–H groups in total. The molecule has 0 spiro atoms. The van der Waals surface area contributed by atoms with Crippen molar-refractivity contribution in [2.45, 2.75) is 18.4 Å². The van der Waals surface area contributed by atoms with Crippen LogP contribution in [-0.2, 0) is 16.6 Å². The summed E-state index contributed by atoms with van der Waals surface area (Å²) in [4.78, 5) is 0.226. The fourth-order valence-electron chi connectivity index (χ4n) is 2.71. The van der Waals surface area contributed by atoms with Crippen molar-refractivity contribution >= 4 is 21.4 Å². The van der Waals surface area contributed by atoms with Crippen molar-refractivity contribution in [2.24, 2.45) is 0 Å². The number of rotatable bonds is 8. The Bertz CT molecular complexity index is 1030. The Hall–Kier alpha value is -2.84. The lowest BCUT2D eigenvalue weighted by Crippen LogP contribution is -2.22. The van der Waals surface area contributed by atoms with Crippen molar-refractivity contribution in [2.75, 3.05) is 31.3 Å². The number of benzene rings is 2. The third-order valence-corrected chi connectivity index (χ3v) is 6.03. The van der Waals surface area contributed by atoms with E-state index in [9.17, 15) is 8.42 Å². The molecule has 1 heterocycles. The normalized spacial score (nSPS) is 11.6. The second kappa shape index (κ2) is 8.45. The van der Waals surface area contributed by atoms with Gasteiger partial charge in [0.2, 0.25) is 10.0 Å². The van der Waals surface area contributed by atoms with Gasteiger partial charge in [-0.25, -0.2) is 12.7 Å². The van der Waals surface area contributed by atoms with E-state index in [1.54, 1.807) is 18.2 Å². The first kappa shape index (κ1) is 19.9. The summed E-state index contributed by atoms with van der Waals surface area (Å²) >= 11 is 0. The smallest absolute Gasteiger partial charge is 0.242 e. The molecule has 0 aliphatic rings. The summed E-state index contributed by atoms with van der Waals surface area (Å²) in [6.45, 7) is 3.08. The largest absolute Gasteiger partial charge is 0.384 e. The number of aromatic nitrogens is 1. The van der Waals surface area contributed by atoms with E-state index in [0.717, 1.165) is 23.5 Å². The molecular weight excluding hydrogens is 376 g/mol. The number of sulfonamides is 1. The predicted octanol–water partition coefficient (Wildman–Crippen LogP) is 3.64. The Kier molecular flexibility index (Phi) is 6.01. The highest BCUT2D eigenvalue weighted by Gasteiger charge is 2.19. The first-order valence-electron chi connectivity index (χ1n) is 8.97. The zero-order chi connectivity index (χ0) is 20.1. The number of hydrogen-bond acceptors (Lipinski definition) is 6. The van der Waals surface area contributed by atoms with Gasteiger partial charge in [0, 0.05) is 32.3 Å². The zero-order valence-electron chi connectivity index (χ0n) is 16.1. The summed E-state index contributed by atoms with van der Waals surface area (Å²) in [6.07, 6.45) is 0. The lowest BCUT2D eigenvalue weighted by molar-refractivity contribution is 0.390. The summed E-state index contributed by atoms with van der Waals surface area (Å²) in [5, 5.41) is 10.6. The minimum Gasteiger partial charge on any atom is -0.384 e. The monoisotopic (exact) mass is 400 g/mol. The van der Waals surface area contributed by atoms with Gasteiger partial charge in [-0.1, -0.05) is 35.5 Å². The molecule has 8 heteroatoms. The Balaban J connectivity index is 1.82. The van der Waals surface area contributed by atoms with E-state index in [0.29, 0.717) is 18.0 Å². The molecule has 3 aromatic rings.